The van der Waals surface area contributed by atoms with E-state index in [1.807, 2.05) is 34.6 Å². The second-order valence-electron chi connectivity index (χ2n) is 5.59. The molecular weight excluding hydrogens is 192 g/mol. The topological polar surface area (TPSA) is 43.4 Å². The summed E-state index contributed by atoms with van der Waals surface area (Å²) in [6.45, 7) is 9.45. The minimum atomic E-state index is -0.557. The number of cyclic esters (lactones) is 2. The number of rotatable bonds is 1. The SMILES string of the molecule is CCC1CC(C)(C)C(=O)OC(=O)C1(C)C. The number of hydrogen-bond donors (Lipinski definition) is 0. The lowest BCUT2D eigenvalue weighted by atomic mass is 9.70. The van der Waals surface area contributed by atoms with Crippen molar-refractivity contribution in [1.29, 1.82) is 0 Å². The normalized spacial score (nSPS) is 29.5. The number of hydrogen-bond acceptors (Lipinski definition) is 3. The molecule has 1 aliphatic heterocycles. The molecule has 1 aliphatic rings. The maximum Gasteiger partial charge on any atom is 0.319 e. The monoisotopic (exact) mass is 212 g/mol. The maximum absolute atomic E-state index is 11.8. The van der Waals surface area contributed by atoms with E-state index < -0.39 is 16.8 Å². The zero-order chi connectivity index (χ0) is 11.9. The molecule has 0 radical (unpaired) electrons. The van der Waals surface area contributed by atoms with Gasteiger partial charge in [0, 0.05) is 0 Å². The smallest absolute Gasteiger partial charge is 0.319 e. The van der Waals surface area contributed by atoms with Crippen LogP contribution in [0.3, 0.4) is 0 Å². The van der Waals surface area contributed by atoms with Crippen molar-refractivity contribution in [3.8, 4) is 0 Å². The van der Waals surface area contributed by atoms with Gasteiger partial charge >= 0.3 is 11.9 Å². The molecule has 0 bridgehead atoms. The summed E-state index contributed by atoms with van der Waals surface area (Å²) in [5.74, 6) is -0.576. The summed E-state index contributed by atoms with van der Waals surface area (Å²) in [5, 5.41) is 0. The lowest BCUT2D eigenvalue weighted by Crippen LogP contribution is -2.32. The van der Waals surface area contributed by atoms with Gasteiger partial charge in [-0.25, -0.2) is 0 Å². The van der Waals surface area contributed by atoms with E-state index in [1.165, 1.54) is 0 Å². The number of carbonyl (C=O) groups is 2. The molecule has 1 unspecified atom stereocenters. The van der Waals surface area contributed by atoms with Gasteiger partial charge in [0.05, 0.1) is 10.8 Å². The maximum atomic E-state index is 11.8. The Bertz CT molecular complexity index is 289. The van der Waals surface area contributed by atoms with Crippen LogP contribution >= 0.6 is 0 Å². The van der Waals surface area contributed by atoms with Gasteiger partial charge in [0.25, 0.3) is 0 Å². The van der Waals surface area contributed by atoms with Crippen LogP contribution in [0.5, 0.6) is 0 Å². The molecule has 0 saturated carbocycles. The van der Waals surface area contributed by atoms with Gasteiger partial charge in [-0.3, -0.25) is 9.59 Å². The summed E-state index contributed by atoms with van der Waals surface area (Å²) in [6.07, 6.45) is 1.60. The zero-order valence-electron chi connectivity index (χ0n) is 10.2. The summed E-state index contributed by atoms with van der Waals surface area (Å²) >= 11 is 0. The molecule has 0 aromatic rings. The van der Waals surface area contributed by atoms with E-state index in [4.69, 9.17) is 4.74 Å². The Hall–Kier alpha value is -0.860. The van der Waals surface area contributed by atoms with Crippen molar-refractivity contribution >= 4 is 11.9 Å². The first-order chi connectivity index (χ1) is 6.71. The first kappa shape index (κ1) is 12.2. The highest BCUT2D eigenvalue weighted by Crippen LogP contribution is 2.43. The first-order valence-electron chi connectivity index (χ1n) is 5.48. The van der Waals surface area contributed by atoms with Crippen LogP contribution in [-0.2, 0) is 14.3 Å². The Morgan fingerprint density at radius 2 is 1.73 bits per heavy atom. The molecule has 0 aromatic heterocycles. The van der Waals surface area contributed by atoms with Crippen LogP contribution < -0.4 is 0 Å². The number of esters is 2. The molecule has 1 rings (SSSR count). The fourth-order valence-electron chi connectivity index (χ4n) is 2.13. The van der Waals surface area contributed by atoms with Gasteiger partial charge in [-0.05, 0) is 40.0 Å². The van der Waals surface area contributed by atoms with Gasteiger partial charge < -0.3 is 4.74 Å². The molecule has 0 spiro atoms. The molecule has 3 nitrogen and oxygen atoms in total. The molecule has 0 aliphatic carbocycles. The third-order valence-electron chi connectivity index (χ3n) is 3.53. The van der Waals surface area contributed by atoms with Crippen molar-refractivity contribution in [3.63, 3.8) is 0 Å². The summed E-state index contributed by atoms with van der Waals surface area (Å²) in [7, 11) is 0. The molecule has 1 atom stereocenters. The minimum absolute atomic E-state index is 0.200. The van der Waals surface area contributed by atoms with Crippen molar-refractivity contribution in [2.75, 3.05) is 0 Å². The standard InChI is InChI=1S/C12H20O3/c1-6-8-7-11(2,3)9(13)15-10(14)12(8,4)5/h8H,6-7H2,1-5H3. The Kier molecular flexibility index (Phi) is 2.94. The van der Waals surface area contributed by atoms with Gasteiger partial charge in [-0.1, -0.05) is 13.3 Å². The van der Waals surface area contributed by atoms with E-state index in [9.17, 15) is 9.59 Å². The Morgan fingerprint density at radius 3 is 2.20 bits per heavy atom. The lowest BCUT2D eigenvalue weighted by Gasteiger charge is -2.30. The highest BCUT2D eigenvalue weighted by atomic mass is 16.6. The van der Waals surface area contributed by atoms with E-state index in [0.29, 0.717) is 6.42 Å². The summed E-state index contributed by atoms with van der Waals surface area (Å²) in [4.78, 5) is 23.4. The molecule has 0 amide bonds. The van der Waals surface area contributed by atoms with E-state index in [1.54, 1.807) is 0 Å². The van der Waals surface area contributed by atoms with Crippen molar-refractivity contribution < 1.29 is 14.3 Å². The number of ether oxygens (including phenoxy) is 1. The second-order valence-corrected chi connectivity index (χ2v) is 5.59. The van der Waals surface area contributed by atoms with Crippen LogP contribution in [0.2, 0.25) is 0 Å². The van der Waals surface area contributed by atoms with Crippen LogP contribution in [0.15, 0.2) is 0 Å². The van der Waals surface area contributed by atoms with E-state index in [-0.39, 0.29) is 11.9 Å². The molecule has 15 heavy (non-hydrogen) atoms. The van der Waals surface area contributed by atoms with Crippen LogP contribution in [0.25, 0.3) is 0 Å². The molecular formula is C12H20O3. The van der Waals surface area contributed by atoms with E-state index in [0.717, 1.165) is 6.42 Å². The minimum Gasteiger partial charge on any atom is -0.392 e. The zero-order valence-corrected chi connectivity index (χ0v) is 10.2. The Balaban J connectivity index is 3.09. The Morgan fingerprint density at radius 1 is 1.20 bits per heavy atom. The highest BCUT2D eigenvalue weighted by molar-refractivity contribution is 5.92. The average molecular weight is 212 g/mol. The van der Waals surface area contributed by atoms with Crippen molar-refractivity contribution in [2.24, 2.45) is 16.7 Å². The summed E-state index contributed by atoms with van der Waals surface area (Å²) in [5.41, 5.74) is -1.11. The van der Waals surface area contributed by atoms with Crippen molar-refractivity contribution in [3.05, 3.63) is 0 Å². The predicted octanol–water partition coefficient (Wildman–Crippen LogP) is 2.54. The Labute approximate surface area is 91.2 Å². The second kappa shape index (κ2) is 3.62. The highest BCUT2D eigenvalue weighted by Gasteiger charge is 2.47. The quantitative estimate of drug-likeness (QED) is 0.495. The predicted molar refractivity (Wildman–Crippen MR) is 57.1 cm³/mol. The van der Waals surface area contributed by atoms with Gasteiger partial charge in [-0.15, -0.1) is 0 Å². The molecule has 0 aromatic carbocycles. The van der Waals surface area contributed by atoms with Gasteiger partial charge in [-0.2, -0.15) is 0 Å². The van der Waals surface area contributed by atoms with Crippen LogP contribution in [0, 0.1) is 16.7 Å². The van der Waals surface area contributed by atoms with Crippen LogP contribution in [-0.4, -0.2) is 11.9 Å². The third kappa shape index (κ3) is 2.06. The van der Waals surface area contributed by atoms with Crippen LogP contribution in [0.4, 0.5) is 0 Å². The van der Waals surface area contributed by atoms with E-state index in [2.05, 4.69) is 0 Å². The molecule has 1 heterocycles. The fourth-order valence-corrected chi connectivity index (χ4v) is 2.13. The molecule has 86 valence electrons. The van der Waals surface area contributed by atoms with Gasteiger partial charge in [0.15, 0.2) is 0 Å². The van der Waals surface area contributed by atoms with Crippen molar-refractivity contribution in [2.45, 2.75) is 47.5 Å². The largest absolute Gasteiger partial charge is 0.392 e. The lowest BCUT2D eigenvalue weighted by molar-refractivity contribution is -0.169. The van der Waals surface area contributed by atoms with Gasteiger partial charge in [0.2, 0.25) is 0 Å². The molecule has 1 fully saturated rings. The first-order valence-corrected chi connectivity index (χ1v) is 5.48. The fraction of sp³-hybridized carbons (Fsp3) is 0.833. The molecule has 0 N–H and O–H groups in total. The van der Waals surface area contributed by atoms with Crippen LogP contribution in [0.1, 0.15) is 47.5 Å². The third-order valence-corrected chi connectivity index (χ3v) is 3.53. The van der Waals surface area contributed by atoms with Gasteiger partial charge in [0.1, 0.15) is 0 Å². The van der Waals surface area contributed by atoms with Crippen molar-refractivity contribution in [1.82, 2.24) is 0 Å². The molecule has 3 heteroatoms. The summed E-state index contributed by atoms with van der Waals surface area (Å²) in [6, 6.07) is 0. The summed E-state index contributed by atoms with van der Waals surface area (Å²) < 4.78 is 4.90. The van der Waals surface area contributed by atoms with E-state index >= 15 is 0 Å². The average Bonchev–Trinajstić information content (AvgIpc) is 2.17. The number of carbonyl (C=O) groups excluding carboxylic acids is 2. The molecule has 1 saturated heterocycles.